The molecule has 0 saturated heterocycles. The van der Waals surface area contributed by atoms with E-state index in [2.05, 4.69) is 19.2 Å². The lowest BCUT2D eigenvalue weighted by Crippen LogP contribution is -2.31. The van der Waals surface area contributed by atoms with Crippen molar-refractivity contribution in [2.45, 2.75) is 97.3 Å². The summed E-state index contributed by atoms with van der Waals surface area (Å²) < 4.78 is 0. The van der Waals surface area contributed by atoms with Gasteiger partial charge < -0.3 is 5.32 Å². The molecule has 1 saturated carbocycles. The Bertz CT molecular complexity index is 202. The number of hydrogen-bond acceptors (Lipinski definition) is 1. The Labute approximate surface area is 128 Å². The Morgan fingerprint density at radius 1 is 0.750 bits per heavy atom. The molecule has 0 aromatic carbocycles. The first-order chi connectivity index (χ1) is 9.88. The molecule has 1 aliphatic carbocycles. The quantitative estimate of drug-likeness (QED) is 0.437. The van der Waals surface area contributed by atoms with Gasteiger partial charge in [0, 0.05) is 0 Å². The number of hydrogen-bond donors (Lipinski definition) is 1. The van der Waals surface area contributed by atoms with E-state index in [0.29, 0.717) is 0 Å². The summed E-state index contributed by atoms with van der Waals surface area (Å²) in [6.07, 6.45) is 18.9. The normalized spacial score (nSPS) is 23.1. The van der Waals surface area contributed by atoms with Gasteiger partial charge in [-0.05, 0) is 37.8 Å². The van der Waals surface area contributed by atoms with Crippen molar-refractivity contribution in [1.29, 1.82) is 0 Å². The Balaban J connectivity index is 2.06. The van der Waals surface area contributed by atoms with Crippen molar-refractivity contribution in [3.8, 4) is 0 Å². The highest BCUT2D eigenvalue weighted by molar-refractivity contribution is 4.77. The summed E-state index contributed by atoms with van der Waals surface area (Å²) in [7, 11) is 0. The van der Waals surface area contributed by atoms with Crippen molar-refractivity contribution < 1.29 is 0 Å². The zero-order valence-electron chi connectivity index (χ0n) is 14.3. The first kappa shape index (κ1) is 18.0. The van der Waals surface area contributed by atoms with Crippen LogP contribution in [0.5, 0.6) is 0 Å². The summed E-state index contributed by atoms with van der Waals surface area (Å²) in [4.78, 5) is 0. The summed E-state index contributed by atoms with van der Waals surface area (Å²) in [5.74, 6) is 2.01. The molecule has 0 heterocycles. The van der Waals surface area contributed by atoms with Crippen LogP contribution in [0.25, 0.3) is 0 Å². The van der Waals surface area contributed by atoms with Crippen LogP contribution in [0.2, 0.25) is 0 Å². The van der Waals surface area contributed by atoms with Gasteiger partial charge in [0.1, 0.15) is 0 Å². The average molecular weight is 282 g/mol. The predicted octanol–water partition coefficient (Wildman–Crippen LogP) is 5.93. The van der Waals surface area contributed by atoms with E-state index < -0.39 is 0 Å². The monoisotopic (exact) mass is 281 g/mol. The molecule has 0 aliphatic heterocycles. The van der Waals surface area contributed by atoms with Crippen molar-refractivity contribution in [1.82, 2.24) is 5.32 Å². The highest BCUT2D eigenvalue weighted by Crippen LogP contribution is 2.33. The van der Waals surface area contributed by atoms with E-state index in [1.165, 1.54) is 96.6 Å². The van der Waals surface area contributed by atoms with E-state index in [1.807, 2.05) is 0 Å². The molecular formula is C19H39N. The lowest BCUT2D eigenvalue weighted by molar-refractivity contribution is 0.213. The SMILES string of the molecule is CCCCCCCCCC1CCCCC1CNCCC. The molecule has 1 N–H and O–H groups in total. The van der Waals surface area contributed by atoms with E-state index in [4.69, 9.17) is 0 Å². The first-order valence-electron chi connectivity index (χ1n) is 9.59. The van der Waals surface area contributed by atoms with E-state index in [9.17, 15) is 0 Å². The third-order valence-electron chi connectivity index (χ3n) is 5.08. The van der Waals surface area contributed by atoms with E-state index in [1.54, 1.807) is 0 Å². The second-order valence-corrected chi connectivity index (χ2v) is 6.92. The van der Waals surface area contributed by atoms with Gasteiger partial charge >= 0.3 is 0 Å². The molecule has 2 atom stereocenters. The highest BCUT2D eigenvalue weighted by atomic mass is 14.9. The minimum atomic E-state index is 0.982. The van der Waals surface area contributed by atoms with Crippen LogP contribution in [-0.2, 0) is 0 Å². The molecule has 0 aromatic heterocycles. The molecule has 0 radical (unpaired) electrons. The van der Waals surface area contributed by atoms with Gasteiger partial charge in [0.15, 0.2) is 0 Å². The van der Waals surface area contributed by atoms with Crippen molar-refractivity contribution >= 4 is 0 Å². The van der Waals surface area contributed by atoms with Crippen LogP contribution in [0.3, 0.4) is 0 Å². The number of unbranched alkanes of at least 4 members (excludes halogenated alkanes) is 6. The minimum absolute atomic E-state index is 0.982. The zero-order valence-corrected chi connectivity index (χ0v) is 14.3. The molecule has 0 bridgehead atoms. The molecule has 1 aliphatic rings. The molecule has 1 fully saturated rings. The Hall–Kier alpha value is -0.0400. The topological polar surface area (TPSA) is 12.0 Å². The largest absolute Gasteiger partial charge is 0.316 e. The van der Waals surface area contributed by atoms with Crippen molar-refractivity contribution in [3.05, 3.63) is 0 Å². The molecule has 0 spiro atoms. The summed E-state index contributed by atoms with van der Waals surface area (Å²) in [6, 6.07) is 0. The maximum atomic E-state index is 3.66. The number of rotatable bonds is 12. The van der Waals surface area contributed by atoms with Crippen molar-refractivity contribution in [2.75, 3.05) is 13.1 Å². The first-order valence-corrected chi connectivity index (χ1v) is 9.59. The summed E-state index contributed by atoms with van der Waals surface area (Å²) >= 11 is 0. The average Bonchev–Trinajstić information content (AvgIpc) is 2.48. The fourth-order valence-corrected chi connectivity index (χ4v) is 3.76. The van der Waals surface area contributed by atoms with E-state index in [0.717, 1.165) is 11.8 Å². The van der Waals surface area contributed by atoms with Gasteiger partial charge in [0.25, 0.3) is 0 Å². The fraction of sp³-hybridized carbons (Fsp3) is 1.00. The Morgan fingerprint density at radius 3 is 2.10 bits per heavy atom. The summed E-state index contributed by atoms with van der Waals surface area (Å²) in [6.45, 7) is 7.06. The van der Waals surface area contributed by atoms with Gasteiger partial charge in [-0.3, -0.25) is 0 Å². The molecule has 1 nitrogen and oxygen atoms in total. The molecule has 120 valence electrons. The third kappa shape index (κ3) is 8.29. The molecule has 0 aromatic rings. The molecule has 1 heteroatoms. The molecular weight excluding hydrogens is 242 g/mol. The van der Waals surface area contributed by atoms with Gasteiger partial charge in [0.05, 0.1) is 0 Å². The second-order valence-electron chi connectivity index (χ2n) is 6.92. The van der Waals surface area contributed by atoms with Crippen LogP contribution in [0.4, 0.5) is 0 Å². The van der Waals surface area contributed by atoms with Crippen LogP contribution in [-0.4, -0.2) is 13.1 Å². The van der Waals surface area contributed by atoms with Gasteiger partial charge in [-0.15, -0.1) is 0 Å². The van der Waals surface area contributed by atoms with Crippen LogP contribution >= 0.6 is 0 Å². The van der Waals surface area contributed by atoms with Gasteiger partial charge in [0.2, 0.25) is 0 Å². The Morgan fingerprint density at radius 2 is 1.40 bits per heavy atom. The molecule has 2 unspecified atom stereocenters. The molecule has 20 heavy (non-hydrogen) atoms. The highest BCUT2D eigenvalue weighted by Gasteiger charge is 2.23. The van der Waals surface area contributed by atoms with Gasteiger partial charge in [-0.25, -0.2) is 0 Å². The maximum absolute atomic E-state index is 3.66. The summed E-state index contributed by atoms with van der Waals surface area (Å²) in [5.41, 5.74) is 0. The standard InChI is InChI=1S/C19H39N/c1-3-5-6-7-8-9-10-13-18-14-11-12-15-19(18)17-20-16-4-2/h18-20H,3-17H2,1-2H3. The second kappa shape index (κ2) is 12.7. The smallest absolute Gasteiger partial charge is 0.00179 e. The lowest BCUT2D eigenvalue weighted by atomic mass is 9.76. The van der Waals surface area contributed by atoms with E-state index >= 15 is 0 Å². The van der Waals surface area contributed by atoms with Crippen LogP contribution in [0.1, 0.15) is 97.3 Å². The number of nitrogens with one attached hydrogen (secondary N) is 1. The minimum Gasteiger partial charge on any atom is -0.316 e. The Kier molecular flexibility index (Phi) is 11.4. The van der Waals surface area contributed by atoms with Gasteiger partial charge in [-0.2, -0.15) is 0 Å². The molecule has 1 rings (SSSR count). The van der Waals surface area contributed by atoms with Crippen LogP contribution < -0.4 is 5.32 Å². The molecule has 0 amide bonds. The van der Waals surface area contributed by atoms with E-state index in [-0.39, 0.29) is 0 Å². The van der Waals surface area contributed by atoms with Crippen molar-refractivity contribution in [3.63, 3.8) is 0 Å². The summed E-state index contributed by atoms with van der Waals surface area (Å²) in [5, 5.41) is 3.66. The van der Waals surface area contributed by atoms with Crippen LogP contribution in [0, 0.1) is 11.8 Å². The predicted molar refractivity (Wildman–Crippen MR) is 91.2 cm³/mol. The van der Waals surface area contributed by atoms with Gasteiger partial charge in [-0.1, -0.05) is 84.5 Å². The zero-order chi connectivity index (χ0) is 14.5. The van der Waals surface area contributed by atoms with Crippen molar-refractivity contribution in [2.24, 2.45) is 11.8 Å². The maximum Gasteiger partial charge on any atom is -0.00179 e. The fourth-order valence-electron chi connectivity index (χ4n) is 3.76. The van der Waals surface area contributed by atoms with Crippen LogP contribution in [0.15, 0.2) is 0 Å². The lowest BCUT2D eigenvalue weighted by Gasteiger charge is -2.32. The third-order valence-corrected chi connectivity index (χ3v) is 5.08.